The van der Waals surface area contributed by atoms with E-state index in [0.29, 0.717) is 24.7 Å². The Morgan fingerprint density at radius 1 is 1.12 bits per heavy atom. The smallest absolute Gasteiger partial charge is 0.295 e. The molecule has 2 saturated heterocycles. The lowest BCUT2D eigenvalue weighted by molar-refractivity contribution is -0.384. The highest BCUT2D eigenvalue weighted by Crippen LogP contribution is 2.31. The van der Waals surface area contributed by atoms with Crippen molar-refractivity contribution in [3.8, 4) is 0 Å². The second kappa shape index (κ2) is 7.89. The Hall–Kier alpha value is -1.71. The van der Waals surface area contributed by atoms with Crippen LogP contribution < -0.4 is 5.43 Å². The van der Waals surface area contributed by atoms with Crippen molar-refractivity contribution in [1.82, 2.24) is 9.31 Å². The van der Waals surface area contributed by atoms with Gasteiger partial charge in [0.05, 0.1) is 9.82 Å². The molecule has 26 heavy (non-hydrogen) atoms. The maximum Gasteiger partial charge on any atom is 0.295 e. The van der Waals surface area contributed by atoms with Gasteiger partial charge in [0.15, 0.2) is 0 Å². The van der Waals surface area contributed by atoms with E-state index in [0.717, 1.165) is 45.2 Å². The van der Waals surface area contributed by atoms with E-state index in [1.807, 2.05) is 5.01 Å². The highest BCUT2D eigenvalue weighted by atomic mass is 32.2. The van der Waals surface area contributed by atoms with Crippen LogP contribution in [0.15, 0.2) is 23.1 Å². The van der Waals surface area contributed by atoms with Crippen molar-refractivity contribution in [2.45, 2.75) is 43.9 Å². The van der Waals surface area contributed by atoms with E-state index in [4.69, 9.17) is 0 Å². The Kier molecular flexibility index (Phi) is 5.79. The predicted molar refractivity (Wildman–Crippen MR) is 99.3 cm³/mol. The highest BCUT2D eigenvalue weighted by Gasteiger charge is 2.30. The molecule has 144 valence electrons. The highest BCUT2D eigenvalue weighted by molar-refractivity contribution is 7.89. The first kappa shape index (κ1) is 19.1. The van der Waals surface area contributed by atoms with Crippen molar-refractivity contribution in [2.24, 2.45) is 5.92 Å². The van der Waals surface area contributed by atoms with Gasteiger partial charge in [0, 0.05) is 32.2 Å². The zero-order valence-corrected chi connectivity index (χ0v) is 15.9. The van der Waals surface area contributed by atoms with Gasteiger partial charge in [-0.1, -0.05) is 13.3 Å². The van der Waals surface area contributed by atoms with Gasteiger partial charge < -0.3 is 5.43 Å². The van der Waals surface area contributed by atoms with Crippen LogP contribution in [0.25, 0.3) is 0 Å². The second-order valence-corrected chi connectivity index (χ2v) is 9.12. The van der Waals surface area contributed by atoms with E-state index in [2.05, 4.69) is 12.3 Å². The summed E-state index contributed by atoms with van der Waals surface area (Å²) in [4.78, 5) is 11.0. The number of nitrogens with one attached hydrogen (secondary N) is 1. The maximum absolute atomic E-state index is 12.8. The number of hydrogen-bond acceptors (Lipinski definition) is 6. The van der Waals surface area contributed by atoms with Crippen LogP contribution in [0.5, 0.6) is 0 Å². The number of nitro benzene ring substituents is 1. The summed E-state index contributed by atoms with van der Waals surface area (Å²) < 4.78 is 27.1. The summed E-state index contributed by atoms with van der Waals surface area (Å²) in [5.74, 6) is 0.506. The predicted octanol–water partition coefficient (Wildman–Crippen LogP) is 2.83. The minimum Gasteiger partial charge on any atom is -0.313 e. The molecule has 1 aromatic rings. The molecule has 1 aromatic carbocycles. The van der Waals surface area contributed by atoms with Crippen LogP contribution in [0, 0.1) is 16.0 Å². The summed E-state index contributed by atoms with van der Waals surface area (Å²) in [7, 11) is -3.70. The number of hydrogen-bond donors (Lipinski definition) is 1. The Balaban J connectivity index is 1.84. The van der Waals surface area contributed by atoms with Crippen molar-refractivity contribution in [1.29, 1.82) is 0 Å². The minimum absolute atomic E-state index is 0.0112. The summed E-state index contributed by atoms with van der Waals surface area (Å²) in [5, 5.41) is 13.5. The van der Waals surface area contributed by atoms with Gasteiger partial charge in [-0.3, -0.25) is 10.1 Å². The molecule has 2 aliphatic rings. The van der Waals surface area contributed by atoms with Crippen molar-refractivity contribution in [2.75, 3.05) is 31.6 Å². The molecule has 1 N–H and O–H groups in total. The van der Waals surface area contributed by atoms with Gasteiger partial charge in [-0.25, -0.2) is 13.4 Å². The van der Waals surface area contributed by atoms with E-state index in [-0.39, 0.29) is 10.6 Å². The van der Waals surface area contributed by atoms with Crippen molar-refractivity contribution >= 4 is 21.4 Å². The molecule has 0 unspecified atom stereocenters. The monoisotopic (exact) mass is 382 g/mol. The minimum atomic E-state index is -3.70. The zero-order valence-electron chi connectivity index (χ0n) is 15.1. The standard InChI is InChI=1S/C17H26N4O4S/c1-14-7-11-20(12-8-14)26(24,25)15-5-6-16(17(13-15)21(22)23)18-19-9-3-2-4-10-19/h5-6,13-14,18H,2-4,7-12H2,1H3. The molecule has 0 radical (unpaired) electrons. The Morgan fingerprint density at radius 3 is 2.38 bits per heavy atom. The zero-order chi connectivity index (χ0) is 18.7. The molecular formula is C17H26N4O4S. The number of benzene rings is 1. The Morgan fingerprint density at radius 2 is 1.77 bits per heavy atom. The first-order valence-electron chi connectivity index (χ1n) is 9.18. The largest absolute Gasteiger partial charge is 0.313 e. The van der Waals surface area contributed by atoms with Crippen LogP contribution in [0.3, 0.4) is 0 Å². The molecule has 9 heteroatoms. The van der Waals surface area contributed by atoms with Gasteiger partial charge in [0.25, 0.3) is 5.69 Å². The third kappa shape index (κ3) is 4.16. The second-order valence-electron chi connectivity index (χ2n) is 7.18. The Labute approximate surface area is 154 Å². The summed E-state index contributed by atoms with van der Waals surface area (Å²) in [6.07, 6.45) is 4.87. The first-order chi connectivity index (χ1) is 12.4. The number of piperidine rings is 2. The maximum atomic E-state index is 12.8. The molecule has 3 rings (SSSR count). The fourth-order valence-electron chi connectivity index (χ4n) is 3.47. The number of hydrazine groups is 1. The topological polar surface area (TPSA) is 95.8 Å². The molecule has 2 heterocycles. The number of sulfonamides is 1. The third-order valence-corrected chi connectivity index (χ3v) is 7.08. The lowest BCUT2D eigenvalue weighted by Gasteiger charge is -2.30. The van der Waals surface area contributed by atoms with Crippen LogP contribution in [0.2, 0.25) is 0 Å². The molecule has 0 bridgehead atoms. The molecule has 0 saturated carbocycles. The van der Waals surface area contributed by atoms with E-state index in [1.54, 1.807) is 0 Å². The molecule has 2 aliphatic heterocycles. The summed E-state index contributed by atoms with van der Waals surface area (Å²) in [6, 6.07) is 4.15. The normalized spacial score (nSPS) is 20.8. The van der Waals surface area contributed by atoms with Crippen LogP contribution >= 0.6 is 0 Å². The van der Waals surface area contributed by atoms with Crippen molar-refractivity contribution in [3.63, 3.8) is 0 Å². The lowest BCUT2D eigenvalue weighted by atomic mass is 10.0. The number of nitrogens with zero attached hydrogens (tertiary/aromatic N) is 3. The van der Waals surface area contributed by atoms with Crippen LogP contribution in [-0.4, -0.2) is 48.8 Å². The van der Waals surface area contributed by atoms with Gasteiger partial charge in [-0.2, -0.15) is 4.31 Å². The number of anilines is 1. The van der Waals surface area contributed by atoms with E-state index in [1.165, 1.54) is 22.5 Å². The summed E-state index contributed by atoms with van der Waals surface area (Å²) in [6.45, 7) is 4.68. The van der Waals surface area contributed by atoms with Gasteiger partial charge in [0.1, 0.15) is 5.69 Å². The van der Waals surface area contributed by atoms with E-state index >= 15 is 0 Å². The van der Waals surface area contributed by atoms with Crippen LogP contribution in [0.4, 0.5) is 11.4 Å². The fourth-order valence-corrected chi connectivity index (χ4v) is 4.96. The third-order valence-electron chi connectivity index (χ3n) is 5.18. The van der Waals surface area contributed by atoms with Crippen molar-refractivity contribution in [3.05, 3.63) is 28.3 Å². The molecule has 0 amide bonds. The first-order valence-corrected chi connectivity index (χ1v) is 10.6. The number of nitro groups is 1. The van der Waals surface area contributed by atoms with Gasteiger partial charge >= 0.3 is 0 Å². The van der Waals surface area contributed by atoms with Crippen LogP contribution in [-0.2, 0) is 10.0 Å². The number of rotatable bonds is 5. The average Bonchev–Trinajstić information content (AvgIpc) is 2.63. The summed E-state index contributed by atoms with van der Waals surface area (Å²) in [5.41, 5.74) is 3.21. The fraction of sp³-hybridized carbons (Fsp3) is 0.647. The van der Waals surface area contributed by atoms with Gasteiger partial charge in [-0.15, -0.1) is 0 Å². The average molecular weight is 382 g/mol. The van der Waals surface area contributed by atoms with Gasteiger partial charge in [0.2, 0.25) is 10.0 Å². The molecule has 0 aliphatic carbocycles. The molecular weight excluding hydrogens is 356 g/mol. The SMILES string of the molecule is CC1CCN(S(=O)(=O)c2ccc(NN3CCCCC3)c([N+](=O)[O-])c2)CC1. The van der Waals surface area contributed by atoms with Crippen molar-refractivity contribution < 1.29 is 13.3 Å². The van der Waals surface area contributed by atoms with Gasteiger partial charge in [-0.05, 0) is 43.7 Å². The molecule has 0 aromatic heterocycles. The quantitative estimate of drug-likeness (QED) is 0.621. The molecule has 0 spiro atoms. The lowest BCUT2D eigenvalue weighted by Crippen LogP contribution is -2.38. The van der Waals surface area contributed by atoms with E-state index < -0.39 is 14.9 Å². The molecule has 2 fully saturated rings. The molecule has 8 nitrogen and oxygen atoms in total. The molecule has 0 atom stereocenters. The van der Waals surface area contributed by atoms with Crippen LogP contribution in [0.1, 0.15) is 39.0 Å². The Bertz CT molecular complexity index is 754. The summed E-state index contributed by atoms with van der Waals surface area (Å²) >= 11 is 0. The van der Waals surface area contributed by atoms with E-state index in [9.17, 15) is 18.5 Å².